The molecule has 4 heteroatoms. The first-order chi connectivity index (χ1) is 9.47. The summed E-state index contributed by atoms with van der Waals surface area (Å²) in [6.07, 6.45) is 1.11. The second kappa shape index (κ2) is 6.37. The van der Waals surface area contributed by atoms with E-state index in [1.165, 1.54) is 0 Å². The van der Waals surface area contributed by atoms with E-state index in [1.807, 2.05) is 12.1 Å². The van der Waals surface area contributed by atoms with Gasteiger partial charge >= 0.3 is 0 Å². The van der Waals surface area contributed by atoms with Crippen LogP contribution in [0.3, 0.4) is 0 Å². The van der Waals surface area contributed by atoms with Crippen LogP contribution in [0.1, 0.15) is 43.9 Å². The van der Waals surface area contributed by atoms with Gasteiger partial charge in [0.2, 0.25) is 5.88 Å². The monoisotopic (exact) mass is 335 g/mol. The summed E-state index contributed by atoms with van der Waals surface area (Å²) in [6, 6.07) is 9.47. The van der Waals surface area contributed by atoms with E-state index in [1.54, 1.807) is 25.3 Å². The minimum absolute atomic E-state index is 0.349. The summed E-state index contributed by atoms with van der Waals surface area (Å²) in [4.78, 5) is 4.19. The van der Waals surface area contributed by atoms with E-state index >= 15 is 0 Å². The van der Waals surface area contributed by atoms with Gasteiger partial charge in [0.05, 0.1) is 6.10 Å². The second-order valence-electron chi connectivity index (χ2n) is 5.04. The van der Waals surface area contributed by atoms with Crippen LogP contribution in [-0.2, 0) is 0 Å². The molecule has 106 valence electrons. The van der Waals surface area contributed by atoms with Crippen molar-refractivity contribution in [3.63, 3.8) is 0 Å². The Balaban J connectivity index is 2.32. The molecule has 1 aromatic carbocycles. The van der Waals surface area contributed by atoms with Gasteiger partial charge in [0.1, 0.15) is 5.75 Å². The van der Waals surface area contributed by atoms with Crippen molar-refractivity contribution in [3.05, 3.63) is 52.1 Å². The number of aliphatic hydroxyl groups is 1. The molecule has 0 saturated carbocycles. The molecule has 1 N–H and O–H groups in total. The Morgan fingerprint density at radius 1 is 1.15 bits per heavy atom. The highest BCUT2D eigenvalue weighted by Gasteiger charge is 2.11. The lowest BCUT2D eigenvalue weighted by molar-refractivity contribution is 0.198. The quantitative estimate of drug-likeness (QED) is 0.871. The summed E-state index contributed by atoms with van der Waals surface area (Å²) in [5, 5.41) is 9.60. The molecule has 0 amide bonds. The Kier molecular flexibility index (Phi) is 4.78. The summed E-state index contributed by atoms with van der Waals surface area (Å²) in [5.74, 6) is 1.63. The molecule has 0 aliphatic carbocycles. The lowest BCUT2D eigenvalue weighted by atomic mass is 10.0. The van der Waals surface area contributed by atoms with Gasteiger partial charge in [-0.05, 0) is 48.2 Å². The van der Waals surface area contributed by atoms with Gasteiger partial charge < -0.3 is 9.84 Å². The number of aliphatic hydroxyl groups excluding tert-OH is 1. The average molecular weight is 336 g/mol. The number of hydrogen-bond acceptors (Lipinski definition) is 3. The molecular weight excluding hydrogens is 318 g/mol. The van der Waals surface area contributed by atoms with E-state index in [4.69, 9.17) is 4.74 Å². The molecule has 0 unspecified atom stereocenters. The van der Waals surface area contributed by atoms with Gasteiger partial charge in [0, 0.05) is 16.7 Å². The molecule has 0 aliphatic rings. The Labute approximate surface area is 127 Å². The highest BCUT2D eigenvalue weighted by Crippen LogP contribution is 2.32. The number of halogens is 1. The van der Waals surface area contributed by atoms with Crippen LogP contribution in [0.25, 0.3) is 0 Å². The number of ether oxygens (including phenoxy) is 1. The predicted octanol–water partition coefficient (Wildman–Crippen LogP) is 4.81. The summed E-state index contributed by atoms with van der Waals surface area (Å²) >= 11 is 3.48. The third-order valence-corrected chi connectivity index (χ3v) is 3.54. The number of nitrogens with zero attached hydrogens (tertiary/aromatic N) is 1. The molecule has 3 nitrogen and oxygen atoms in total. The van der Waals surface area contributed by atoms with Crippen molar-refractivity contribution in [1.29, 1.82) is 0 Å². The van der Waals surface area contributed by atoms with Crippen molar-refractivity contribution in [1.82, 2.24) is 4.98 Å². The van der Waals surface area contributed by atoms with Crippen LogP contribution >= 0.6 is 15.9 Å². The smallest absolute Gasteiger partial charge is 0.219 e. The zero-order chi connectivity index (χ0) is 14.7. The van der Waals surface area contributed by atoms with E-state index in [-0.39, 0.29) is 0 Å². The lowest BCUT2D eigenvalue weighted by Gasteiger charge is -2.14. The minimum Gasteiger partial charge on any atom is -0.439 e. The first-order valence-corrected chi connectivity index (χ1v) is 7.38. The fraction of sp³-hybridized carbons (Fsp3) is 0.312. The van der Waals surface area contributed by atoms with Crippen molar-refractivity contribution >= 4 is 15.9 Å². The first kappa shape index (κ1) is 15.0. The topological polar surface area (TPSA) is 42.4 Å². The fourth-order valence-electron chi connectivity index (χ4n) is 1.92. The maximum absolute atomic E-state index is 9.60. The molecule has 2 rings (SSSR count). The maximum Gasteiger partial charge on any atom is 0.219 e. The Morgan fingerprint density at radius 3 is 2.55 bits per heavy atom. The van der Waals surface area contributed by atoms with E-state index in [0.29, 0.717) is 11.8 Å². The van der Waals surface area contributed by atoms with Gasteiger partial charge in [0.15, 0.2) is 0 Å². The van der Waals surface area contributed by atoms with Crippen LogP contribution in [0, 0.1) is 0 Å². The van der Waals surface area contributed by atoms with Crippen LogP contribution in [-0.4, -0.2) is 10.1 Å². The van der Waals surface area contributed by atoms with Crippen molar-refractivity contribution in [2.45, 2.75) is 32.8 Å². The van der Waals surface area contributed by atoms with E-state index in [0.717, 1.165) is 21.3 Å². The predicted molar refractivity (Wildman–Crippen MR) is 83.2 cm³/mol. The number of rotatable bonds is 4. The zero-order valence-electron chi connectivity index (χ0n) is 11.8. The summed E-state index contributed by atoms with van der Waals surface area (Å²) < 4.78 is 6.90. The summed E-state index contributed by atoms with van der Waals surface area (Å²) in [5.41, 5.74) is 1.90. The van der Waals surface area contributed by atoms with Crippen molar-refractivity contribution in [3.8, 4) is 11.6 Å². The van der Waals surface area contributed by atoms with Gasteiger partial charge in [-0.3, -0.25) is 0 Å². The Hall–Kier alpha value is -1.39. The van der Waals surface area contributed by atoms with Gasteiger partial charge in [-0.2, -0.15) is 0 Å². The average Bonchev–Trinajstić information content (AvgIpc) is 2.41. The molecule has 20 heavy (non-hydrogen) atoms. The third kappa shape index (κ3) is 3.58. The maximum atomic E-state index is 9.60. The second-order valence-corrected chi connectivity index (χ2v) is 5.96. The largest absolute Gasteiger partial charge is 0.439 e. The number of aromatic nitrogens is 1. The fourth-order valence-corrected chi connectivity index (χ4v) is 2.30. The van der Waals surface area contributed by atoms with Gasteiger partial charge in [0.25, 0.3) is 0 Å². The summed E-state index contributed by atoms with van der Waals surface area (Å²) in [6.45, 7) is 5.96. The molecule has 1 heterocycles. The van der Waals surface area contributed by atoms with Crippen LogP contribution < -0.4 is 4.74 Å². The molecule has 2 aromatic rings. The van der Waals surface area contributed by atoms with Gasteiger partial charge in [-0.1, -0.05) is 29.8 Å². The standard InChI is InChI=1S/C16H18BrNO2/c1-10(2)14-9-13(17)4-5-15(14)20-16-8-12(11(3)19)6-7-18-16/h4-11,19H,1-3H3/t11-/m1/s1. The van der Waals surface area contributed by atoms with Gasteiger partial charge in [-0.15, -0.1) is 0 Å². The Morgan fingerprint density at radius 2 is 1.90 bits per heavy atom. The molecule has 0 spiro atoms. The van der Waals surface area contributed by atoms with E-state index in [9.17, 15) is 5.11 Å². The van der Waals surface area contributed by atoms with Crippen LogP contribution in [0.15, 0.2) is 41.0 Å². The number of benzene rings is 1. The normalized spacial score (nSPS) is 12.5. The lowest BCUT2D eigenvalue weighted by Crippen LogP contribution is -1.97. The van der Waals surface area contributed by atoms with E-state index < -0.39 is 6.10 Å². The number of pyridine rings is 1. The SMILES string of the molecule is CC(C)c1cc(Br)ccc1Oc1cc([C@@H](C)O)ccn1. The van der Waals surface area contributed by atoms with Crippen LogP contribution in [0.4, 0.5) is 0 Å². The molecule has 0 bridgehead atoms. The molecule has 0 aliphatic heterocycles. The molecule has 0 saturated heterocycles. The molecule has 1 atom stereocenters. The molecule has 1 aromatic heterocycles. The molecule has 0 radical (unpaired) electrons. The van der Waals surface area contributed by atoms with Crippen LogP contribution in [0.2, 0.25) is 0 Å². The first-order valence-electron chi connectivity index (χ1n) is 6.58. The molecular formula is C16H18BrNO2. The minimum atomic E-state index is -0.533. The highest BCUT2D eigenvalue weighted by molar-refractivity contribution is 9.10. The highest BCUT2D eigenvalue weighted by atomic mass is 79.9. The molecule has 0 fully saturated rings. The summed E-state index contributed by atoms with van der Waals surface area (Å²) in [7, 11) is 0. The van der Waals surface area contributed by atoms with Crippen molar-refractivity contribution in [2.75, 3.05) is 0 Å². The van der Waals surface area contributed by atoms with Crippen LogP contribution in [0.5, 0.6) is 11.6 Å². The zero-order valence-corrected chi connectivity index (χ0v) is 13.4. The Bertz CT molecular complexity index is 597. The van der Waals surface area contributed by atoms with Gasteiger partial charge in [-0.25, -0.2) is 4.98 Å². The van der Waals surface area contributed by atoms with Crippen molar-refractivity contribution < 1.29 is 9.84 Å². The van der Waals surface area contributed by atoms with Crippen molar-refractivity contribution in [2.24, 2.45) is 0 Å². The number of hydrogen-bond donors (Lipinski definition) is 1. The third-order valence-electron chi connectivity index (χ3n) is 3.05. The van der Waals surface area contributed by atoms with E-state index in [2.05, 4.69) is 40.8 Å².